The van der Waals surface area contributed by atoms with E-state index in [4.69, 9.17) is 14.2 Å². The lowest BCUT2D eigenvalue weighted by molar-refractivity contribution is -0.140. The van der Waals surface area contributed by atoms with Gasteiger partial charge in [-0.05, 0) is 53.3 Å². The zero-order valence-corrected chi connectivity index (χ0v) is 24.9. The van der Waals surface area contributed by atoms with Crippen molar-refractivity contribution in [3.8, 4) is 11.5 Å². The average molecular weight is 667 g/mol. The van der Waals surface area contributed by atoms with Crippen LogP contribution in [-0.2, 0) is 20.9 Å². The van der Waals surface area contributed by atoms with Gasteiger partial charge in [-0.25, -0.2) is 0 Å². The molecule has 0 aromatic heterocycles. The summed E-state index contributed by atoms with van der Waals surface area (Å²) in [6.45, 7) is 2.19. The number of amides is 2. The second-order valence-corrected chi connectivity index (χ2v) is 10.6. The molecule has 2 amide bonds. The lowest BCUT2D eigenvalue weighted by Gasteiger charge is -2.40. The van der Waals surface area contributed by atoms with E-state index in [2.05, 4.69) is 5.32 Å². The summed E-state index contributed by atoms with van der Waals surface area (Å²) < 4.78 is 17.4. The highest BCUT2D eigenvalue weighted by molar-refractivity contribution is 14.1. The van der Waals surface area contributed by atoms with Crippen LogP contribution >= 0.6 is 22.6 Å². The summed E-state index contributed by atoms with van der Waals surface area (Å²) in [5.74, 6) is -0.0990. The van der Waals surface area contributed by atoms with Crippen LogP contribution in [0.4, 0.5) is 0 Å². The summed E-state index contributed by atoms with van der Waals surface area (Å²) in [7, 11) is 2.95. The highest BCUT2D eigenvalue weighted by Gasteiger charge is 2.41. The van der Waals surface area contributed by atoms with Gasteiger partial charge < -0.3 is 34.6 Å². The standard InChI is InChI=1S/C29H35IN2O8/c1-18-4-6-19(7-5-18)16-32(26(35)8-11-38-2)23-14-21(29(37)31-9-10-33)15-24(27(23)36)40-28-22(30)12-20(17-34)13-25(28)39-3/h4-7,12-13,15,17,23-24,27,33,36H,8-11,14,16H2,1-3H3,(H,31,37)/t23-,24+,27+/m1/s1. The maximum atomic E-state index is 13.4. The molecular formula is C29H35IN2O8. The van der Waals surface area contributed by atoms with Gasteiger partial charge in [0.1, 0.15) is 18.5 Å². The molecule has 0 saturated carbocycles. The molecule has 0 fully saturated rings. The van der Waals surface area contributed by atoms with Gasteiger partial charge in [0.15, 0.2) is 11.5 Å². The van der Waals surface area contributed by atoms with E-state index in [9.17, 15) is 24.6 Å². The Labute approximate surface area is 247 Å². The normalized spacial score (nSPS) is 18.4. The fourth-order valence-corrected chi connectivity index (χ4v) is 5.20. The number of aliphatic hydroxyl groups excluding tert-OH is 2. The van der Waals surface area contributed by atoms with Crippen LogP contribution in [0, 0.1) is 10.5 Å². The number of nitrogens with zero attached hydrogens (tertiary/aromatic N) is 1. The monoisotopic (exact) mass is 666 g/mol. The van der Waals surface area contributed by atoms with Crippen molar-refractivity contribution in [1.82, 2.24) is 10.2 Å². The molecule has 1 aliphatic rings. The third-order valence-corrected chi connectivity index (χ3v) is 7.37. The number of benzene rings is 2. The van der Waals surface area contributed by atoms with Crippen LogP contribution in [-0.4, -0.2) is 85.4 Å². The Morgan fingerprint density at radius 3 is 2.55 bits per heavy atom. The molecule has 0 aliphatic heterocycles. The van der Waals surface area contributed by atoms with Crippen molar-refractivity contribution in [1.29, 1.82) is 0 Å². The van der Waals surface area contributed by atoms with E-state index >= 15 is 0 Å². The molecule has 3 rings (SSSR count). The Hall–Kier alpha value is -3.00. The summed E-state index contributed by atoms with van der Waals surface area (Å²) in [5, 5.41) is 23.5. The lowest BCUT2D eigenvalue weighted by Crippen LogP contribution is -2.55. The second kappa shape index (κ2) is 15.1. The molecule has 2 aromatic rings. The van der Waals surface area contributed by atoms with Gasteiger partial charge >= 0.3 is 0 Å². The number of aliphatic hydroxyl groups is 2. The zero-order valence-electron chi connectivity index (χ0n) is 22.8. The summed E-state index contributed by atoms with van der Waals surface area (Å²) in [6.07, 6.45) is 0.137. The topological polar surface area (TPSA) is 135 Å². The van der Waals surface area contributed by atoms with Gasteiger partial charge in [0.25, 0.3) is 0 Å². The van der Waals surface area contributed by atoms with Crippen LogP contribution in [0.5, 0.6) is 11.5 Å². The molecule has 1 aliphatic carbocycles. The Kier molecular flexibility index (Phi) is 11.9. The molecule has 3 atom stereocenters. The van der Waals surface area contributed by atoms with Crippen molar-refractivity contribution in [3.63, 3.8) is 0 Å². The molecule has 2 aromatic carbocycles. The fraction of sp³-hybridized carbons (Fsp3) is 0.414. The van der Waals surface area contributed by atoms with Crippen molar-refractivity contribution in [3.05, 3.63) is 68.3 Å². The molecule has 0 heterocycles. The third-order valence-electron chi connectivity index (χ3n) is 6.57. The molecule has 11 heteroatoms. The first-order valence-electron chi connectivity index (χ1n) is 12.8. The molecule has 3 N–H and O–H groups in total. The molecule has 216 valence electrons. The largest absolute Gasteiger partial charge is 0.493 e. The first kappa shape index (κ1) is 31.5. The maximum absolute atomic E-state index is 13.4. The van der Waals surface area contributed by atoms with Crippen molar-refractivity contribution < 1.29 is 38.8 Å². The Morgan fingerprint density at radius 1 is 1.20 bits per heavy atom. The first-order valence-corrected chi connectivity index (χ1v) is 13.9. The van der Waals surface area contributed by atoms with Gasteiger partial charge in [-0.3, -0.25) is 14.4 Å². The Balaban J connectivity index is 2.03. The minimum absolute atomic E-state index is 0.0493. The quantitative estimate of drug-likeness (QED) is 0.219. The fourth-order valence-electron chi connectivity index (χ4n) is 4.45. The van der Waals surface area contributed by atoms with Gasteiger partial charge in [-0.15, -0.1) is 0 Å². The number of hydrogen-bond donors (Lipinski definition) is 3. The number of carbonyl (C=O) groups is 3. The number of carbonyl (C=O) groups excluding carboxylic acids is 3. The van der Waals surface area contributed by atoms with E-state index < -0.39 is 24.2 Å². The van der Waals surface area contributed by atoms with Gasteiger partial charge in [-0.2, -0.15) is 0 Å². The molecule has 0 spiro atoms. The number of aldehydes is 1. The summed E-state index contributed by atoms with van der Waals surface area (Å²) in [4.78, 5) is 39.4. The zero-order chi connectivity index (χ0) is 29.2. The number of methoxy groups -OCH3 is 2. The van der Waals surface area contributed by atoms with E-state index in [1.54, 1.807) is 11.0 Å². The predicted molar refractivity (Wildman–Crippen MR) is 156 cm³/mol. The van der Waals surface area contributed by atoms with E-state index in [0.29, 0.717) is 26.7 Å². The number of nitrogens with one attached hydrogen (secondary N) is 1. The molecule has 40 heavy (non-hydrogen) atoms. The van der Waals surface area contributed by atoms with Gasteiger partial charge in [-0.1, -0.05) is 29.8 Å². The number of aryl methyl sites for hydroxylation is 1. The van der Waals surface area contributed by atoms with Crippen LogP contribution in [0.2, 0.25) is 0 Å². The average Bonchev–Trinajstić information content (AvgIpc) is 2.96. The molecule has 0 bridgehead atoms. The highest BCUT2D eigenvalue weighted by Crippen LogP contribution is 2.37. The van der Waals surface area contributed by atoms with E-state index in [1.807, 2.05) is 53.8 Å². The Bertz CT molecular complexity index is 1220. The highest BCUT2D eigenvalue weighted by atomic mass is 127. The van der Waals surface area contributed by atoms with Gasteiger partial charge in [0.2, 0.25) is 11.8 Å². The minimum atomic E-state index is -1.21. The molecule has 0 radical (unpaired) electrons. The van der Waals surface area contributed by atoms with Crippen molar-refractivity contribution in [2.45, 2.75) is 44.6 Å². The van der Waals surface area contributed by atoms with Gasteiger partial charge in [0.05, 0.1) is 36.4 Å². The molecule has 0 saturated heterocycles. The second-order valence-electron chi connectivity index (χ2n) is 9.42. The number of halogens is 1. The van der Waals surface area contributed by atoms with Crippen molar-refractivity contribution in [2.24, 2.45) is 0 Å². The van der Waals surface area contributed by atoms with E-state index in [1.165, 1.54) is 26.4 Å². The van der Waals surface area contributed by atoms with E-state index in [-0.39, 0.29) is 50.8 Å². The van der Waals surface area contributed by atoms with E-state index in [0.717, 1.165) is 11.1 Å². The van der Waals surface area contributed by atoms with Crippen LogP contribution in [0.1, 0.15) is 34.3 Å². The number of ether oxygens (including phenoxy) is 3. The third kappa shape index (κ3) is 8.03. The van der Waals surface area contributed by atoms with Crippen LogP contribution in [0.25, 0.3) is 0 Å². The maximum Gasteiger partial charge on any atom is 0.247 e. The van der Waals surface area contributed by atoms with Crippen LogP contribution in [0.3, 0.4) is 0 Å². The first-order chi connectivity index (χ1) is 19.2. The minimum Gasteiger partial charge on any atom is -0.493 e. The molecule has 0 unspecified atom stereocenters. The summed E-state index contributed by atoms with van der Waals surface area (Å²) >= 11 is 2.01. The smallest absolute Gasteiger partial charge is 0.247 e. The molecular weight excluding hydrogens is 631 g/mol. The molecule has 10 nitrogen and oxygen atoms in total. The van der Waals surface area contributed by atoms with Crippen molar-refractivity contribution >= 4 is 40.7 Å². The summed E-state index contributed by atoms with van der Waals surface area (Å²) in [6, 6.07) is 10.1. The summed E-state index contributed by atoms with van der Waals surface area (Å²) in [5.41, 5.74) is 2.63. The van der Waals surface area contributed by atoms with Crippen molar-refractivity contribution in [2.75, 3.05) is 34.0 Å². The van der Waals surface area contributed by atoms with Gasteiger partial charge in [0, 0.05) is 37.8 Å². The Morgan fingerprint density at radius 2 is 1.93 bits per heavy atom. The number of hydrogen-bond acceptors (Lipinski definition) is 8. The number of rotatable bonds is 13. The van der Waals surface area contributed by atoms with Crippen LogP contribution < -0.4 is 14.8 Å². The SMILES string of the molecule is COCCC(=O)N(Cc1ccc(C)cc1)[C@@H]1CC(C(=O)NCCO)=C[C@H](Oc2c(I)cc(C=O)cc2OC)[C@H]1O. The lowest BCUT2D eigenvalue weighted by atomic mass is 9.87. The predicted octanol–water partition coefficient (Wildman–Crippen LogP) is 2.40. The van der Waals surface area contributed by atoms with Crippen LogP contribution in [0.15, 0.2) is 48.0 Å².